The maximum absolute atomic E-state index is 5.88. The topological polar surface area (TPSA) is 38.0 Å². The monoisotopic (exact) mass is 360 g/mol. The van der Waals surface area contributed by atoms with Gasteiger partial charge in [0.2, 0.25) is 0 Å². The summed E-state index contributed by atoms with van der Waals surface area (Å²) in [6, 6.07) is 9.72. The normalized spacial score (nSPS) is 10.3. The van der Waals surface area contributed by atoms with E-state index in [1.54, 1.807) is 11.3 Å². The summed E-state index contributed by atoms with van der Waals surface area (Å²) in [5, 5.41) is 3.32. The highest BCUT2D eigenvalue weighted by Crippen LogP contribution is 2.24. The molecule has 1 aromatic carbocycles. The third-order valence-electron chi connectivity index (χ3n) is 2.33. The Balaban J connectivity index is 2.06. The molecule has 0 spiro atoms. The zero-order valence-electron chi connectivity index (χ0n) is 9.24. The van der Waals surface area contributed by atoms with Gasteiger partial charge in [0.25, 0.3) is 0 Å². The first-order valence-corrected chi connectivity index (χ1v) is 7.53. The van der Waals surface area contributed by atoms with Crippen LogP contribution in [0, 0.1) is 0 Å². The van der Waals surface area contributed by atoms with Crippen molar-refractivity contribution in [3.05, 3.63) is 49.6 Å². The van der Waals surface area contributed by atoms with Crippen LogP contribution in [0.2, 0.25) is 4.34 Å². The van der Waals surface area contributed by atoms with Gasteiger partial charge >= 0.3 is 0 Å². The number of rotatable bonds is 4. The second-order valence-electron chi connectivity index (χ2n) is 3.62. The van der Waals surface area contributed by atoms with Gasteiger partial charge in [-0.3, -0.25) is 0 Å². The molecule has 2 aromatic rings. The summed E-state index contributed by atoms with van der Waals surface area (Å²) in [4.78, 5) is 1.58. The van der Waals surface area contributed by atoms with Crippen LogP contribution in [0.15, 0.2) is 34.8 Å². The van der Waals surface area contributed by atoms with Gasteiger partial charge in [0.1, 0.15) is 4.99 Å². The van der Waals surface area contributed by atoms with Crippen LogP contribution in [0.5, 0.6) is 0 Å². The van der Waals surface area contributed by atoms with Gasteiger partial charge in [-0.2, -0.15) is 0 Å². The molecule has 0 atom stereocenters. The van der Waals surface area contributed by atoms with E-state index < -0.39 is 0 Å². The van der Waals surface area contributed by atoms with E-state index in [1.165, 1.54) is 4.88 Å². The molecule has 0 bridgehead atoms. The molecule has 0 aliphatic rings. The van der Waals surface area contributed by atoms with E-state index in [0.29, 0.717) is 4.99 Å². The lowest BCUT2D eigenvalue weighted by atomic mass is 10.2. The van der Waals surface area contributed by atoms with Gasteiger partial charge in [0.05, 0.1) is 4.34 Å². The third kappa shape index (κ3) is 3.45. The maximum atomic E-state index is 5.88. The van der Waals surface area contributed by atoms with Gasteiger partial charge in [-0.15, -0.1) is 11.3 Å². The highest BCUT2D eigenvalue weighted by Gasteiger charge is 2.04. The molecule has 0 saturated carbocycles. The number of thiophene rings is 1. The van der Waals surface area contributed by atoms with Crippen LogP contribution in [-0.2, 0) is 6.54 Å². The predicted octanol–water partition coefficient (Wildman–Crippen LogP) is 4.41. The number of halogens is 2. The first-order chi connectivity index (χ1) is 8.56. The molecule has 2 rings (SSSR count). The molecule has 3 N–H and O–H groups in total. The smallest absolute Gasteiger partial charge is 0.105 e. The van der Waals surface area contributed by atoms with Gasteiger partial charge in [0.15, 0.2) is 0 Å². The third-order valence-corrected chi connectivity index (χ3v) is 4.44. The molecule has 6 heteroatoms. The average molecular weight is 362 g/mol. The Morgan fingerprint density at radius 1 is 1.39 bits per heavy atom. The van der Waals surface area contributed by atoms with E-state index in [4.69, 9.17) is 29.6 Å². The van der Waals surface area contributed by atoms with Gasteiger partial charge in [-0.1, -0.05) is 23.8 Å². The van der Waals surface area contributed by atoms with Crippen LogP contribution in [0.3, 0.4) is 0 Å². The summed E-state index contributed by atoms with van der Waals surface area (Å²) in [6.45, 7) is 0.746. The summed E-state index contributed by atoms with van der Waals surface area (Å²) in [5.41, 5.74) is 7.45. The lowest BCUT2D eigenvalue weighted by Crippen LogP contribution is -2.10. The Morgan fingerprint density at radius 3 is 2.72 bits per heavy atom. The number of anilines is 1. The van der Waals surface area contributed by atoms with E-state index in [0.717, 1.165) is 26.6 Å². The fourth-order valence-electron chi connectivity index (χ4n) is 1.46. The zero-order chi connectivity index (χ0) is 13.1. The second kappa shape index (κ2) is 6.02. The van der Waals surface area contributed by atoms with E-state index in [2.05, 4.69) is 21.2 Å². The van der Waals surface area contributed by atoms with Crippen LogP contribution in [0.1, 0.15) is 10.4 Å². The molecular formula is C12H10BrClN2S2. The second-order valence-corrected chi connectivity index (χ2v) is 6.71. The number of benzene rings is 1. The molecule has 0 amide bonds. The Hall–Kier alpha value is -0.620. The Kier molecular flexibility index (Phi) is 4.61. The molecular weight excluding hydrogens is 352 g/mol. The fraction of sp³-hybridized carbons (Fsp3) is 0.0833. The maximum Gasteiger partial charge on any atom is 0.105 e. The number of hydrogen-bond acceptors (Lipinski definition) is 3. The lowest BCUT2D eigenvalue weighted by Gasteiger charge is -2.08. The van der Waals surface area contributed by atoms with Crippen LogP contribution in [0.25, 0.3) is 0 Å². The molecule has 0 radical (unpaired) electrons. The van der Waals surface area contributed by atoms with E-state index in [9.17, 15) is 0 Å². The summed E-state index contributed by atoms with van der Waals surface area (Å²) in [5.74, 6) is 0. The van der Waals surface area contributed by atoms with E-state index >= 15 is 0 Å². The van der Waals surface area contributed by atoms with Crippen molar-refractivity contribution in [2.75, 3.05) is 5.32 Å². The minimum absolute atomic E-state index is 0.387. The quantitative estimate of drug-likeness (QED) is 0.792. The fourth-order valence-corrected chi connectivity index (χ4v) is 3.39. The van der Waals surface area contributed by atoms with Crippen molar-refractivity contribution >= 4 is 61.8 Å². The molecule has 0 fully saturated rings. The van der Waals surface area contributed by atoms with E-state index in [1.807, 2.05) is 30.3 Å². The van der Waals surface area contributed by atoms with E-state index in [-0.39, 0.29) is 0 Å². The van der Waals surface area contributed by atoms with Gasteiger partial charge < -0.3 is 11.1 Å². The largest absolute Gasteiger partial charge is 0.389 e. The number of nitrogens with one attached hydrogen (secondary N) is 1. The van der Waals surface area contributed by atoms with Crippen molar-refractivity contribution in [2.45, 2.75) is 6.54 Å². The highest BCUT2D eigenvalue weighted by molar-refractivity contribution is 9.10. The Morgan fingerprint density at radius 2 is 2.17 bits per heavy atom. The highest BCUT2D eigenvalue weighted by atomic mass is 79.9. The van der Waals surface area contributed by atoms with Crippen molar-refractivity contribution < 1.29 is 0 Å². The standard InChI is InChI=1S/C12H10BrClN2S2/c13-10-5-7(1-3-9(10)12(15)17)16-6-8-2-4-11(14)18-8/h1-5,16H,6H2,(H2,15,17). The molecule has 1 aromatic heterocycles. The molecule has 18 heavy (non-hydrogen) atoms. The van der Waals surface area contributed by atoms with Crippen molar-refractivity contribution in [3.8, 4) is 0 Å². The summed E-state index contributed by atoms with van der Waals surface area (Å²) < 4.78 is 1.70. The van der Waals surface area contributed by atoms with Crippen LogP contribution in [0.4, 0.5) is 5.69 Å². The Bertz CT molecular complexity index is 583. The van der Waals surface area contributed by atoms with Crippen molar-refractivity contribution in [1.82, 2.24) is 0 Å². The summed E-state index contributed by atoms with van der Waals surface area (Å²) in [6.07, 6.45) is 0. The van der Waals surface area contributed by atoms with Crippen LogP contribution in [-0.4, -0.2) is 4.99 Å². The minimum Gasteiger partial charge on any atom is -0.389 e. The van der Waals surface area contributed by atoms with Gasteiger partial charge in [-0.05, 0) is 46.3 Å². The first-order valence-electron chi connectivity index (χ1n) is 5.13. The molecule has 0 unspecified atom stereocenters. The summed E-state index contributed by atoms with van der Waals surface area (Å²) >= 11 is 15.9. The van der Waals surface area contributed by atoms with Gasteiger partial charge in [-0.25, -0.2) is 0 Å². The molecule has 0 aliphatic carbocycles. The molecule has 2 nitrogen and oxygen atoms in total. The molecule has 0 saturated heterocycles. The Labute approximate surface area is 128 Å². The molecule has 1 heterocycles. The lowest BCUT2D eigenvalue weighted by molar-refractivity contribution is 1.19. The number of nitrogens with two attached hydrogens (primary N) is 1. The predicted molar refractivity (Wildman–Crippen MR) is 86.7 cm³/mol. The first kappa shape index (κ1) is 13.8. The van der Waals surface area contributed by atoms with Crippen LogP contribution < -0.4 is 11.1 Å². The summed E-state index contributed by atoms with van der Waals surface area (Å²) in [7, 11) is 0. The average Bonchev–Trinajstić information content (AvgIpc) is 2.72. The minimum atomic E-state index is 0.387. The SMILES string of the molecule is NC(=S)c1ccc(NCc2ccc(Cl)s2)cc1Br. The van der Waals surface area contributed by atoms with Gasteiger partial charge in [0, 0.05) is 27.1 Å². The number of thiocarbonyl (C=S) groups is 1. The number of hydrogen-bond donors (Lipinski definition) is 2. The van der Waals surface area contributed by atoms with Crippen molar-refractivity contribution in [3.63, 3.8) is 0 Å². The van der Waals surface area contributed by atoms with Crippen molar-refractivity contribution in [1.29, 1.82) is 0 Å². The zero-order valence-corrected chi connectivity index (χ0v) is 13.2. The van der Waals surface area contributed by atoms with Crippen LogP contribution >= 0.6 is 51.1 Å². The van der Waals surface area contributed by atoms with Crippen molar-refractivity contribution in [2.24, 2.45) is 5.73 Å². The molecule has 0 aliphatic heterocycles. The molecule has 94 valence electrons.